The molecule has 2 aromatic rings. The summed E-state index contributed by atoms with van der Waals surface area (Å²) in [6.45, 7) is 0.792. The molecule has 1 aliphatic rings. The van der Waals surface area contributed by atoms with E-state index in [2.05, 4.69) is 4.98 Å². The summed E-state index contributed by atoms with van der Waals surface area (Å²) in [5, 5.41) is 11.0. The molecule has 0 fully saturated rings. The molecular weight excluding hydrogens is 270 g/mol. The molecule has 1 aliphatic heterocycles. The first-order valence-electron chi connectivity index (χ1n) is 6.62. The van der Waals surface area contributed by atoms with Gasteiger partial charge in [0.15, 0.2) is 0 Å². The van der Waals surface area contributed by atoms with E-state index in [9.17, 15) is 14.9 Å². The molecule has 0 N–H and O–H groups in total. The molecule has 0 bridgehead atoms. The van der Waals surface area contributed by atoms with Crippen molar-refractivity contribution in [2.24, 2.45) is 0 Å². The van der Waals surface area contributed by atoms with Gasteiger partial charge in [-0.25, -0.2) is 0 Å². The number of hydrogen-bond donors (Lipinski definition) is 0. The number of nitrogens with zero attached hydrogens (tertiary/aromatic N) is 3. The zero-order valence-electron chi connectivity index (χ0n) is 11.2. The van der Waals surface area contributed by atoms with E-state index in [1.165, 1.54) is 6.07 Å². The summed E-state index contributed by atoms with van der Waals surface area (Å²) in [4.78, 5) is 28.7. The Morgan fingerprint density at radius 3 is 2.81 bits per heavy atom. The van der Waals surface area contributed by atoms with Gasteiger partial charge in [0.05, 0.1) is 22.6 Å². The predicted molar refractivity (Wildman–Crippen MR) is 75.8 cm³/mol. The lowest BCUT2D eigenvalue weighted by atomic mass is 10.1. The summed E-state index contributed by atoms with van der Waals surface area (Å²) >= 11 is 0. The van der Waals surface area contributed by atoms with Gasteiger partial charge in [0, 0.05) is 30.9 Å². The van der Waals surface area contributed by atoms with Gasteiger partial charge in [-0.3, -0.25) is 19.9 Å². The van der Waals surface area contributed by atoms with Gasteiger partial charge in [-0.2, -0.15) is 0 Å². The average molecular weight is 283 g/mol. The van der Waals surface area contributed by atoms with E-state index in [1.54, 1.807) is 23.2 Å². The quantitative estimate of drug-likeness (QED) is 0.636. The molecule has 0 unspecified atom stereocenters. The number of pyridine rings is 1. The van der Waals surface area contributed by atoms with Crippen LogP contribution in [0.2, 0.25) is 0 Å². The van der Waals surface area contributed by atoms with Gasteiger partial charge in [-0.1, -0.05) is 12.1 Å². The van der Waals surface area contributed by atoms with Crippen LogP contribution in [0, 0.1) is 10.1 Å². The molecule has 1 aromatic carbocycles. The third kappa shape index (κ3) is 2.47. The Morgan fingerprint density at radius 2 is 2.10 bits per heavy atom. The fourth-order valence-electron chi connectivity index (χ4n) is 2.52. The molecule has 1 amide bonds. The molecule has 3 rings (SSSR count). The molecular formula is C15H13N3O3. The molecule has 6 heteroatoms. The number of hydrogen-bond acceptors (Lipinski definition) is 4. The molecule has 0 radical (unpaired) electrons. The smallest absolute Gasteiger partial charge is 0.275 e. The first kappa shape index (κ1) is 13.2. The zero-order valence-corrected chi connectivity index (χ0v) is 11.2. The fraction of sp³-hybridized carbons (Fsp3) is 0.200. The second-order valence-corrected chi connectivity index (χ2v) is 4.86. The van der Waals surface area contributed by atoms with Crippen LogP contribution in [0.1, 0.15) is 21.6 Å². The van der Waals surface area contributed by atoms with Gasteiger partial charge < -0.3 is 4.90 Å². The molecule has 0 atom stereocenters. The Balaban J connectivity index is 1.78. The summed E-state index contributed by atoms with van der Waals surface area (Å²) in [5.74, 6) is -0.148. The van der Waals surface area contributed by atoms with Gasteiger partial charge in [0.2, 0.25) is 0 Å². The average Bonchev–Trinajstić information content (AvgIpc) is 2.83. The maximum Gasteiger partial charge on any atom is 0.275 e. The van der Waals surface area contributed by atoms with E-state index in [0.717, 1.165) is 5.69 Å². The van der Waals surface area contributed by atoms with Crippen LogP contribution in [-0.4, -0.2) is 27.3 Å². The van der Waals surface area contributed by atoms with Crippen molar-refractivity contribution in [2.75, 3.05) is 6.54 Å². The normalized spacial score (nSPS) is 13.3. The highest BCUT2D eigenvalue weighted by atomic mass is 16.6. The summed E-state index contributed by atoms with van der Waals surface area (Å²) in [5.41, 5.74) is 1.86. The molecule has 21 heavy (non-hydrogen) atoms. The highest BCUT2D eigenvalue weighted by Gasteiger charge is 2.32. The number of rotatable bonds is 4. The van der Waals surface area contributed by atoms with Crippen molar-refractivity contribution in [3.05, 3.63) is 69.5 Å². The van der Waals surface area contributed by atoms with Crippen molar-refractivity contribution >= 4 is 11.6 Å². The van der Waals surface area contributed by atoms with Crippen LogP contribution < -0.4 is 0 Å². The summed E-state index contributed by atoms with van der Waals surface area (Å²) in [6.07, 6.45) is 2.34. The second-order valence-electron chi connectivity index (χ2n) is 4.86. The van der Waals surface area contributed by atoms with Crippen molar-refractivity contribution in [3.63, 3.8) is 0 Å². The Morgan fingerprint density at radius 1 is 1.24 bits per heavy atom. The summed E-state index contributed by atoms with van der Waals surface area (Å²) < 4.78 is 0. The van der Waals surface area contributed by atoms with Crippen LogP contribution in [0.3, 0.4) is 0 Å². The van der Waals surface area contributed by atoms with Crippen LogP contribution >= 0.6 is 0 Å². The second kappa shape index (κ2) is 5.32. The number of nitro benzene ring substituents is 1. The molecule has 0 spiro atoms. The molecule has 0 saturated heterocycles. The third-order valence-electron chi connectivity index (χ3n) is 3.58. The third-order valence-corrected chi connectivity index (χ3v) is 3.58. The van der Waals surface area contributed by atoms with Crippen LogP contribution in [0.15, 0.2) is 42.6 Å². The van der Waals surface area contributed by atoms with Crippen molar-refractivity contribution in [1.29, 1.82) is 0 Å². The van der Waals surface area contributed by atoms with Gasteiger partial charge in [0.25, 0.3) is 11.6 Å². The van der Waals surface area contributed by atoms with Crippen molar-refractivity contribution in [1.82, 2.24) is 9.88 Å². The number of benzene rings is 1. The maximum absolute atomic E-state index is 12.3. The van der Waals surface area contributed by atoms with Crippen LogP contribution in [-0.2, 0) is 13.0 Å². The predicted octanol–water partition coefficient (Wildman–Crippen LogP) is 2.19. The van der Waals surface area contributed by atoms with E-state index in [0.29, 0.717) is 24.1 Å². The standard InChI is InChI=1S/C15H13N3O3/c19-15-12-5-3-6-14(18(20)21)13(12)10-17(15)9-7-11-4-1-2-8-16-11/h1-6,8H,7,9-10H2. The lowest BCUT2D eigenvalue weighted by molar-refractivity contribution is -0.385. The van der Waals surface area contributed by atoms with E-state index in [1.807, 2.05) is 18.2 Å². The van der Waals surface area contributed by atoms with Crippen molar-refractivity contribution in [2.45, 2.75) is 13.0 Å². The number of carbonyl (C=O) groups is 1. The molecule has 106 valence electrons. The van der Waals surface area contributed by atoms with E-state index in [-0.39, 0.29) is 18.1 Å². The van der Waals surface area contributed by atoms with Gasteiger partial charge in [-0.15, -0.1) is 0 Å². The minimum atomic E-state index is -0.436. The molecule has 2 heterocycles. The van der Waals surface area contributed by atoms with Crippen molar-refractivity contribution in [3.8, 4) is 0 Å². The Kier molecular flexibility index (Phi) is 3.35. The van der Waals surface area contributed by atoms with Crippen LogP contribution in [0.25, 0.3) is 0 Å². The number of amides is 1. The van der Waals surface area contributed by atoms with E-state index >= 15 is 0 Å². The zero-order chi connectivity index (χ0) is 14.8. The SMILES string of the molecule is O=C1c2cccc([N+](=O)[O-])c2CN1CCc1ccccn1. The first-order chi connectivity index (χ1) is 10.2. The minimum absolute atomic E-state index is 0.0150. The van der Waals surface area contributed by atoms with Crippen molar-refractivity contribution < 1.29 is 9.72 Å². The largest absolute Gasteiger partial charge is 0.334 e. The van der Waals surface area contributed by atoms with Gasteiger partial charge in [-0.05, 0) is 18.2 Å². The van der Waals surface area contributed by atoms with Gasteiger partial charge in [0.1, 0.15) is 0 Å². The minimum Gasteiger partial charge on any atom is -0.334 e. The highest BCUT2D eigenvalue weighted by Crippen LogP contribution is 2.30. The van der Waals surface area contributed by atoms with E-state index in [4.69, 9.17) is 0 Å². The lowest BCUT2D eigenvalue weighted by Crippen LogP contribution is -2.26. The number of nitro groups is 1. The topological polar surface area (TPSA) is 76.3 Å². The highest BCUT2D eigenvalue weighted by molar-refractivity contribution is 5.99. The number of fused-ring (bicyclic) bond motifs is 1. The summed E-state index contributed by atoms with van der Waals surface area (Å²) in [7, 11) is 0. The maximum atomic E-state index is 12.3. The first-order valence-corrected chi connectivity index (χ1v) is 6.62. The Bertz CT molecular complexity index is 701. The number of carbonyl (C=O) groups excluding carboxylic acids is 1. The van der Waals surface area contributed by atoms with Gasteiger partial charge >= 0.3 is 0 Å². The molecule has 1 aromatic heterocycles. The Hall–Kier alpha value is -2.76. The number of aromatic nitrogens is 1. The van der Waals surface area contributed by atoms with Crippen LogP contribution in [0.4, 0.5) is 5.69 Å². The lowest BCUT2D eigenvalue weighted by Gasteiger charge is -2.14. The summed E-state index contributed by atoms with van der Waals surface area (Å²) in [6, 6.07) is 10.3. The molecule has 0 aliphatic carbocycles. The monoisotopic (exact) mass is 283 g/mol. The van der Waals surface area contributed by atoms with Crippen LogP contribution in [0.5, 0.6) is 0 Å². The molecule has 0 saturated carbocycles. The fourth-order valence-corrected chi connectivity index (χ4v) is 2.52. The Labute approximate surface area is 121 Å². The molecule has 6 nitrogen and oxygen atoms in total. The van der Waals surface area contributed by atoms with E-state index < -0.39 is 4.92 Å².